The van der Waals surface area contributed by atoms with Crippen LogP contribution >= 0.6 is 0 Å². The average Bonchev–Trinajstić information content (AvgIpc) is 2.76. The van der Waals surface area contributed by atoms with Crippen LogP contribution in [0.1, 0.15) is 16.8 Å². The summed E-state index contributed by atoms with van der Waals surface area (Å²) in [6.45, 7) is 1.63. The van der Waals surface area contributed by atoms with Crippen molar-refractivity contribution in [2.45, 2.75) is 6.42 Å². The van der Waals surface area contributed by atoms with Gasteiger partial charge in [-0.25, -0.2) is 9.78 Å². The number of amides is 1. The minimum Gasteiger partial charge on any atom is -0.478 e. The zero-order valence-electron chi connectivity index (χ0n) is 10.1. The molecule has 1 fully saturated rings. The second kappa shape index (κ2) is 5.14. The van der Waals surface area contributed by atoms with Crippen molar-refractivity contribution in [3.05, 3.63) is 23.9 Å². The summed E-state index contributed by atoms with van der Waals surface area (Å²) in [5.41, 5.74) is 0.115. The van der Waals surface area contributed by atoms with Gasteiger partial charge in [-0.1, -0.05) is 0 Å². The number of nitrogens with one attached hydrogen (secondary N) is 1. The smallest absolute Gasteiger partial charge is 0.335 e. The lowest BCUT2D eigenvalue weighted by Crippen LogP contribution is -2.25. The third-order valence-electron chi connectivity index (χ3n) is 3.02. The van der Waals surface area contributed by atoms with Gasteiger partial charge in [0.2, 0.25) is 5.91 Å². The van der Waals surface area contributed by atoms with Gasteiger partial charge in [-0.2, -0.15) is 0 Å². The maximum absolute atomic E-state index is 11.9. The number of carboxylic acid groups (broad SMARTS) is 1. The molecule has 96 valence electrons. The number of aromatic nitrogens is 1. The molecule has 1 aliphatic heterocycles. The largest absolute Gasteiger partial charge is 0.478 e. The first kappa shape index (κ1) is 12.5. The van der Waals surface area contributed by atoms with Gasteiger partial charge in [-0.3, -0.25) is 4.79 Å². The Labute approximate surface area is 105 Å². The molecule has 1 saturated heterocycles. The van der Waals surface area contributed by atoms with E-state index < -0.39 is 5.97 Å². The van der Waals surface area contributed by atoms with Crippen molar-refractivity contribution in [2.24, 2.45) is 5.92 Å². The quantitative estimate of drug-likeness (QED) is 0.822. The Morgan fingerprint density at radius 3 is 2.94 bits per heavy atom. The van der Waals surface area contributed by atoms with Crippen LogP contribution in [0.15, 0.2) is 18.3 Å². The number of aromatic carboxylic acids is 1. The number of anilines is 1. The molecule has 1 aromatic rings. The molecule has 6 heteroatoms. The van der Waals surface area contributed by atoms with Crippen molar-refractivity contribution in [1.82, 2.24) is 9.88 Å². The molecule has 2 heterocycles. The van der Waals surface area contributed by atoms with Crippen LogP contribution in [0.25, 0.3) is 0 Å². The van der Waals surface area contributed by atoms with Gasteiger partial charge in [0.1, 0.15) is 5.82 Å². The monoisotopic (exact) mass is 249 g/mol. The van der Waals surface area contributed by atoms with E-state index in [4.69, 9.17) is 5.11 Å². The van der Waals surface area contributed by atoms with Crippen LogP contribution in [0.3, 0.4) is 0 Å². The number of carbonyl (C=O) groups is 2. The summed E-state index contributed by atoms with van der Waals surface area (Å²) >= 11 is 0. The summed E-state index contributed by atoms with van der Waals surface area (Å²) in [5, 5.41) is 11.5. The van der Waals surface area contributed by atoms with Crippen LogP contribution < -0.4 is 5.32 Å². The minimum atomic E-state index is -1.03. The lowest BCUT2D eigenvalue weighted by atomic mass is 10.1. The fourth-order valence-corrected chi connectivity index (χ4v) is 2.01. The van der Waals surface area contributed by atoms with Crippen molar-refractivity contribution in [1.29, 1.82) is 0 Å². The molecule has 1 aromatic heterocycles. The lowest BCUT2D eigenvalue weighted by Gasteiger charge is -2.10. The molecular weight excluding hydrogens is 234 g/mol. The third-order valence-corrected chi connectivity index (χ3v) is 3.02. The summed E-state index contributed by atoms with van der Waals surface area (Å²) in [4.78, 5) is 28.7. The molecule has 1 unspecified atom stereocenters. The van der Waals surface area contributed by atoms with E-state index in [2.05, 4.69) is 15.2 Å². The van der Waals surface area contributed by atoms with Crippen molar-refractivity contribution in [3.8, 4) is 0 Å². The molecule has 18 heavy (non-hydrogen) atoms. The van der Waals surface area contributed by atoms with Gasteiger partial charge in [0.05, 0.1) is 11.5 Å². The summed E-state index contributed by atoms with van der Waals surface area (Å²) in [6, 6.07) is 2.75. The number of likely N-dealkylation sites (tertiary alicyclic amines) is 1. The number of pyridine rings is 1. The van der Waals surface area contributed by atoms with E-state index in [1.165, 1.54) is 18.3 Å². The predicted octanol–water partition coefficient (Wildman–Crippen LogP) is 0.670. The molecule has 1 atom stereocenters. The summed E-state index contributed by atoms with van der Waals surface area (Å²) in [7, 11) is 1.97. The zero-order valence-corrected chi connectivity index (χ0v) is 10.1. The minimum absolute atomic E-state index is 0.0507. The summed E-state index contributed by atoms with van der Waals surface area (Å²) < 4.78 is 0. The van der Waals surface area contributed by atoms with E-state index in [9.17, 15) is 9.59 Å². The number of carbonyl (C=O) groups excluding carboxylic acids is 1. The maximum atomic E-state index is 11.9. The highest BCUT2D eigenvalue weighted by atomic mass is 16.4. The second-order valence-corrected chi connectivity index (χ2v) is 4.47. The van der Waals surface area contributed by atoms with Crippen molar-refractivity contribution in [3.63, 3.8) is 0 Å². The fourth-order valence-electron chi connectivity index (χ4n) is 2.01. The molecule has 1 amide bonds. The molecular formula is C12H15N3O3. The first-order chi connectivity index (χ1) is 8.56. The van der Waals surface area contributed by atoms with E-state index in [0.29, 0.717) is 0 Å². The van der Waals surface area contributed by atoms with Crippen LogP contribution in [0.4, 0.5) is 5.82 Å². The van der Waals surface area contributed by atoms with Gasteiger partial charge in [0.15, 0.2) is 0 Å². The van der Waals surface area contributed by atoms with Gasteiger partial charge >= 0.3 is 5.97 Å². The number of hydrogen-bond acceptors (Lipinski definition) is 4. The first-order valence-corrected chi connectivity index (χ1v) is 5.75. The number of rotatable bonds is 3. The van der Waals surface area contributed by atoms with E-state index >= 15 is 0 Å². The molecule has 2 N–H and O–H groups in total. The Balaban J connectivity index is 2.03. The lowest BCUT2D eigenvalue weighted by molar-refractivity contribution is -0.119. The van der Waals surface area contributed by atoms with E-state index in [1.807, 2.05) is 7.05 Å². The number of nitrogens with zero attached hydrogens (tertiary/aromatic N) is 2. The normalized spacial score (nSPS) is 19.7. The van der Waals surface area contributed by atoms with Crippen LogP contribution in [0.5, 0.6) is 0 Å². The highest BCUT2D eigenvalue weighted by molar-refractivity contribution is 5.94. The van der Waals surface area contributed by atoms with Gasteiger partial charge in [0, 0.05) is 12.7 Å². The Morgan fingerprint density at radius 2 is 2.33 bits per heavy atom. The molecule has 6 nitrogen and oxygen atoms in total. The van der Waals surface area contributed by atoms with Crippen LogP contribution in [0.2, 0.25) is 0 Å². The van der Waals surface area contributed by atoms with Gasteiger partial charge in [-0.05, 0) is 32.1 Å². The molecule has 0 saturated carbocycles. The van der Waals surface area contributed by atoms with Crippen LogP contribution in [-0.4, -0.2) is 47.0 Å². The van der Waals surface area contributed by atoms with Gasteiger partial charge in [-0.15, -0.1) is 0 Å². The first-order valence-electron chi connectivity index (χ1n) is 5.75. The van der Waals surface area contributed by atoms with Gasteiger partial charge in [0.25, 0.3) is 0 Å². The SMILES string of the molecule is CN1CCC(C(=O)Nc2cc(C(=O)O)ccn2)C1. The molecule has 0 aromatic carbocycles. The maximum Gasteiger partial charge on any atom is 0.335 e. The fraction of sp³-hybridized carbons (Fsp3) is 0.417. The molecule has 0 radical (unpaired) electrons. The number of carboxylic acids is 1. The average molecular weight is 249 g/mol. The van der Waals surface area contributed by atoms with Crippen molar-refractivity contribution in [2.75, 3.05) is 25.5 Å². The van der Waals surface area contributed by atoms with E-state index in [1.54, 1.807) is 0 Å². The molecule has 1 aliphatic rings. The summed E-state index contributed by atoms with van der Waals surface area (Å²) in [5.74, 6) is -0.900. The number of hydrogen-bond donors (Lipinski definition) is 2. The van der Waals surface area contributed by atoms with Gasteiger partial charge < -0.3 is 15.3 Å². The van der Waals surface area contributed by atoms with E-state index in [0.717, 1.165) is 19.5 Å². The Hall–Kier alpha value is -1.95. The zero-order chi connectivity index (χ0) is 13.1. The van der Waals surface area contributed by atoms with Crippen molar-refractivity contribution < 1.29 is 14.7 Å². The Morgan fingerprint density at radius 1 is 1.56 bits per heavy atom. The summed E-state index contributed by atoms with van der Waals surface area (Å²) in [6.07, 6.45) is 2.20. The van der Waals surface area contributed by atoms with Crippen molar-refractivity contribution >= 4 is 17.7 Å². The predicted molar refractivity (Wildman–Crippen MR) is 65.4 cm³/mol. The highest BCUT2D eigenvalue weighted by Gasteiger charge is 2.26. The third kappa shape index (κ3) is 2.84. The second-order valence-electron chi connectivity index (χ2n) is 4.47. The Kier molecular flexibility index (Phi) is 3.57. The standard InChI is InChI=1S/C12H15N3O3/c1-15-5-3-9(7-15)11(16)14-10-6-8(12(17)18)2-4-13-10/h2,4,6,9H,3,5,7H2,1H3,(H,17,18)(H,13,14,16). The molecule has 0 aliphatic carbocycles. The highest BCUT2D eigenvalue weighted by Crippen LogP contribution is 2.16. The van der Waals surface area contributed by atoms with Crippen LogP contribution in [0, 0.1) is 5.92 Å². The molecule has 0 bridgehead atoms. The molecule has 2 rings (SSSR count). The van der Waals surface area contributed by atoms with E-state index in [-0.39, 0.29) is 23.2 Å². The molecule has 0 spiro atoms. The Bertz CT molecular complexity index is 475. The van der Waals surface area contributed by atoms with Crippen LogP contribution in [-0.2, 0) is 4.79 Å². The topological polar surface area (TPSA) is 82.5 Å².